The molecular formula is C18H22N4O4S. The van der Waals surface area contributed by atoms with Crippen LogP contribution in [0.5, 0.6) is 0 Å². The highest BCUT2D eigenvalue weighted by atomic mass is 32.1. The van der Waals surface area contributed by atoms with Gasteiger partial charge in [0.1, 0.15) is 15.9 Å². The van der Waals surface area contributed by atoms with Crippen LogP contribution in [0.1, 0.15) is 45.9 Å². The molecule has 1 atom stereocenters. The Kier molecular flexibility index (Phi) is 5.14. The van der Waals surface area contributed by atoms with Crippen molar-refractivity contribution in [3.63, 3.8) is 0 Å². The van der Waals surface area contributed by atoms with Crippen LogP contribution in [0, 0.1) is 20.8 Å². The number of carbonyl (C=O) groups excluding carboxylic acids is 1. The van der Waals surface area contributed by atoms with E-state index < -0.39 is 12.0 Å². The van der Waals surface area contributed by atoms with Gasteiger partial charge in [0.15, 0.2) is 0 Å². The minimum atomic E-state index is -0.986. The Bertz CT molecular complexity index is 978. The monoisotopic (exact) mass is 390 g/mol. The summed E-state index contributed by atoms with van der Waals surface area (Å²) in [6.07, 6.45) is 2.03. The van der Waals surface area contributed by atoms with E-state index in [9.17, 15) is 19.5 Å². The second-order valence-corrected chi connectivity index (χ2v) is 7.80. The van der Waals surface area contributed by atoms with E-state index in [2.05, 4.69) is 10.1 Å². The zero-order valence-corrected chi connectivity index (χ0v) is 16.6. The zero-order valence-electron chi connectivity index (χ0n) is 15.8. The molecule has 0 spiro atoms. The second-order valence-electron chi connectivity index (χ2n) is 6.80. The summed E-state index contributed by atoms with van der Waals surface area (Å²) in [5.41, 5.74) is 2.12. The summed E-state index contributed by atoms with van der Waals surface area (Å²) in [6, 6.07) is -0.811. The van der Waals surface area contributed by atoms with Crippen LogP contribution in [-0.2, 0) is 11.8 Å². The van der Waals surface area contributed by atoms with E-state index in [0.29, 0.717) is 34.1 Å². The highest BCUT2D eigenvalue weighted by Gasteiger charge is 2.34. The first-order valence-corrected chi connectivity index (χ1v) is 9.60. The van der Waals surface area contributed by atoms with Crippen molar-refractivity contribution in [2.75, 3.05) is 6.54 Å². The SMILES string of the molecule is Cc1nc(-c2c(C)c(C)nn(C)c2=O)sc1C(=O)N1CCCC[C@@H]1C(=O)O. The summed E-state index contributed by atoms with van der Waals surface area (Å²) >= 11 is 1.14. The lowest BCUT2D eigenvalue weighted by molar-refractivity contribution is -0.143. The predicted octanol–water partition coefficient (Wildman–Crippen LogP) is 1.91. The quantitative estimate of drug-likeness (QED) is 0.858. The summed E-state index contributed by atoms with van der Waals surface area (Å²) in [5.74, 6) is -1.32. The highest BCUT2D eigenvalue weighted by molar-refractivity contribution is 7.17. The lowest BCUT2D eigenvalue weighted by Gasteiger charge is -2.32. The fourth-order valence-corrected chi connectivity index (χ4v) is 4.48. The van der Waals surface area contributed by atoms with Gasteiger partial charge in [0.2, 0.25) is 0 Å². The third-order valence-corrected chi connectivity index (χ3v) is 6.14. The third-order valence-electron chi connectivity index (χ3n) is 4.98. The van der Waals surface area contributed by atoms with Gasteiger partial charge in [0, 0.05) is 13.6 Å². The molecule has 1 aliphatic heterocycles. The number of likely N-dealkylation sites (tertiary alicyclic amines) is 1. The second kappa shape index (κ2) is 7.22. The highest BCUT2D eigenvalue weighted by Crippen LogP contribution is 2.31. The maximum atomic E-state index is 13.0. The minimum absolute atomic E-state index is 0.271. The van der Waals surface area contributed by atoms with Crippen molar-refractivity contribution < 1.29 is 14.7 Å². The number of aromatic nitrogens is 3. The fourth-order valence-electron chi connectivity index (χ4n) is 3.36. The number of carboxylic acid groups (broad SMARTS) is 1. The van der Waals surface area contributed by atoms with E-state index in [1.54, 1.807) is 14.0 Å². The molecule has 0 radical (unpaired) electrons. The molecule has 0 aliphatic carbocycles. The van der Waals surface area contributed by atoms with Crippen molar-refractivity contribution >= 4 is 23.2 Å². The Labute approximate surface area is 160 Å². The molecule has 1 aliphatic rings. The first kappa shape index (κ1) is 19.2. The Hall–Kier alpha value is -2.55. The van der Waals surface area contributed by atoms with Crippen molar-refractivity contribution in [1.29, 1.82) is 0 Å². The number of aryl methyl sites for hydroxylation is 3. The minimum Gasteiger partial charge on any atom is -0.480 e. The van der Waals surface area contributed by atoms with Gasteiger partial charge in [-0.05, 0) is 45.6 Å². The van der Waals surface area contributed by atoms with Gasteiger partial charge in [0.05, 0.1) is 17.0 Å². The van der Waals surface area contributed by atoms with Crippen LogP contribution >= 0.6 is 11.3 Å². The molecule has 9 heteroatoms. The van der Waals surface area contributed by atoms with Crippen LogP contribution in [0.15, 0.2) is 4.79 Å². The first-order chi connectivity index (χ1) is 12.7. The Morgan fingerprint density at radius 1 is 1.19 bits per heavy atom. The molecule has 3 rings (SSSR count). The van der Waals surface area contributed by atoms with Gasteiger partial charge < -0.3 is 10.0 Å². The average molecular weight is 390 g/mol. The summed E-state index contributed by atoms with van der Waals surface area (Å²) in [4.78, 5) is 43.4. The van der Waals surface area contributed by atoms with Crippen LogP contribution in [0.2, 0.25) is 0 Å². The molecule has 27 heavy (non-hydrogen) atoms. The molecule has 144 valence electrons. The van der Waals surface area contributed by atoms with Crippen LogP contribution in [-0.4, -0.2) is 49.2 Å². The summed E-state index contributed by atoms with van der Waals surface area (Å²) in [6.45, 7) is 5.75. The number of piperidine rings is 1. The maximum Gasteiger partial charge on any atom is 0.326 e. The number of thiazole rings is 1. The average Bonchev–Trinajstić information content (AvgIpc) is 3.01. The molecule has 0 unspecified atom stereocenters. The number of nitrogens with zero attached hydrogens (tertiary/aromatic N) is 4. The lowest BCUT2D eigenvalue weighted by Crippen LogP contribution is -2.47. The Morgan fingerprint density at radius 3 is 2.56 bits per heavy atom. The van der Waals surface area contributed by atoms with Crippen LogP contribution < -0.4 is 5.56 Å². The van der Waals surface area contributed by atoms with Crippen LogP contribution in [0.25, 0.3) is 10.6 Å². The molecule has 1 fully saturated rings. The van der Waals surface area contributed by atoms with Gasteiger partial charge in [-0.15, -0.1) is 11.3 Å². The standard InChI is InChI=1S/C18H22N4O4S/c1-9-10(2)20-21(4)16(23)13(9)15-19-11(3)14(27-15)17(24)22-8-6-5-7-12(22)18(25)26/h12H,5-8H2,1-4H3,(H,25,26)/t12-/m1/s1. The molecule has 0 aromatic carbocycles. The zero-order chi connectivity index (χ0) is 19.9. The normalized spacial score (nSPS) is 17.2. The molecule has 3 heterocycles. The smallest absolute Gasteiger partial charge is 0.326 e. The van der Waals surface area contributed by atoms with Crippen LogP contribution in [0.4, 0.5) is 0 Å². The van der Waals surface area contributed by atoms with Crippen molar-refractivity contribution in [2.45, 2.75) is 46.1 Å². The molecule has 1 saturated heterocycles. The molecule has 0 bridgehead atoms. The fraction of sp³-hybridized carbons (Fsp3) is 0.500. The number of hydrogen-bond acceptors (Lipinski definition) is 6. The number of aliphatic carboxylic acids is 1. The van der Waals surface area contributed by atoms with Crippen LogP contribution in [0.3, 0.4) is 0 Å². The van der Waals surface area contributed by atoms with Crippen molar-refractivity contribution in [3.8, 4) is 10.6 Å². The Morgan fingerprint density at radius 2 is 1.89 bits per heavy atom. The number of carbonyl (C=O) groups is 2. The molecule has 0 saturated carbocycles. The summed E-state index contributed by atoms with van der Waals surface area (Å²) in [5, 5.41) is 14.1. The first-order valence-electron chi connectivity index (χ1n) is 8.78. The topological polar surface area (TPSA) is 105 Å². The number of hydrogen-bond donors (Lipinski definition) is 1. The van der Waals surface area contributed by atoms with E-state index >= 15 is 0 Å². The Balaban J connectivity index is 2.04. The predicted molar refractivity (Wildman–Crippen MR) is 101 cm³/mol. The molecule has 1 N–H and O–H groups in total. The van der Waals surface area contributed by atoms with E-state index in [1.165, 1.54) is 9.58 Å². The summed E-state index contributed by atoms with van der Waals surface area (Å²) in [7, 11) is 1.58. The number of amides is 1. The largest absolute Gasteiger partial charge is 0.480 e. The van der Waals surface area contributed by atoms with Gasteiger partial charge in [-0.3, -0.25) is 9.59 Å². The number of carboxylic acids is 1. The van der Waals surface area contributed by atoms with Crippen molar-refractivity contribution in [3.05, 3.63) is 32.2 Å². The number of rotatable bonds is 3. The molecule has 8 nitrogen and oxygen atoms in total. The van der Waals surface area contributed by atoms with E-state index in [1.807, 2.05) is 13.8 Å². The summed E-state index contributed by atoms with van der Waals surface area (Å²) < 4.78 is 1.26. The van der Waals surface area contributed by atoms with E-state index in [0.717, 1.165) is 35.4 Å². The third kappa shape index (κ3) is 3.39. The molecule has 2 aromatic rings. The van der Waals surface area contributed by atoms with Crippen molar-refractivity contribution in [1.82, 2.24) is 19.7 Å². The van der Waals surface area contributed by atoms with Gasteiger partial charge in [0.25, 0.3) is 11.5 Å². The van der Waals surface area contributed by atoms with Gasteiger partial charge >= 0.3 is 5.97 Å². The molecular weight excluding hydrogens is 368 g/mol. The van der Waals surface area contributed by atoms with E-state index in [4.69, 9.17) is 0 Å². The molecule has 1 amide bonds. The van der Waals surface area contributed by atoms with Gasteiger partial charge in [-0.1, -0.05) is 0 Å². The maximum absolute atomic E-state index is 13.0. The lowest BCUT2D eigenvalue weighted by atomic mass is 10.0. The van der Waals surface area contributed by atoms with Crippen molar-refractivity contribution in [2.24, 2.45) is 7.05 Å². The van der Waals surface area contributed by atoms with Gasteiger partial charge in [-0.2, -0.15) is 5.10 Å². The molecule has 2 aromatic heterocycles. The van der Waals surface area contributed by atoms with Gasteiger partial charge in [-0.25, -0.2) is 14.5 Å². The van der Waals surface area contributed by atoms with E-state index in [-0.39, 0.29) is 11.5 Å².